The highest BCUT2D eigenvalue weighted by Crippen LogP contribution is 2.48. The van der Waals surface area contributed by atoms with Gasteiger partial charge in [0.25, 0.3) is 0 Å². The van der Waals surface area contributed by atoms with Crippen molar-refractivity contribution in [3.8, 4) is 0 Å². The molecule has 2 atom stereocenters. The third kappa shape index (κ3) is 9.90. The number of hydrogen-bond donors (Lipinski definition) is 0. The Labute approximate surface area is 381 Å². The average Bonchev–Trinajstić information content (AvgIpc) is 3.83. The molecule has 0 radical (unpaired) electrons. The third-order valence-electron chi connectivity index (χ3n) is 13.7. The molecule has 350 valence electrons. The molecule has 66 heavy (non-hydrogen) atoms. The first-order chi connectivity index (χ1) is 31.7. The molecule has 0 N–H and O–H groups in total. The lowest BCUT2D eigenvalue weighted by Gasteiger charge is -2.46. The number of esters is 2. The molecular weight excluding hydrogens is 861 g/mol. The van der Waals surface area contributed by atoms with Crippen LogP contribution >= 0.6 is 0 Å². The minimum atomic E-state index is -1.74. The zero-order chi connectivity index (χ0) is 46.6. The van der Waals surface area contributed by atoms with Gasteiger partial charge in [0, 0.05) is 61.3 Å². The predicted octanol–water partition coefficient (Wildman–Crippen LogP) is 7.62. The number of benzene rings is 4. The van der Waals surface area contributed by atoms with Crippen LogP contribution in [0.15, 0.2) is 97.1 Å². The van der Waals surface area contributed by atoms with Crippen molar-refractivity contribution in [3.63, 3.8) is 0 Å². The van der Waals surface area contributed by atoms with Gasteiger partial charge in [0.2, 0.25) is 0 Å². The quantitative estimate of drug-likeness (QED) is 0.0542. The number of likely N-dealkylation sites (tertiary alicyclic amines) is 2. The number of ether oxygens (including phenoxy) is 4. The Bertz CT molecular complexity index is 2080. The normalized spacial score (nSPS) is 20.3. The first kappa shape index (κ1) is 46.5. The van der Waals surface area contributed by atoms with E-state index >= 15 is 0 Å². The van der Waals surface area contributed by atoms with E-state index in [1.807, 2.05) is 0 Å². The van der Waals surface area contributed by atoms with Gasteiger partial charge in [0.05, 0.1) is 13.1 Å². The molecule has 4 heterocycles. The molecule has 4 aliphatic rings. The van der Waals surface area contributed by atoms with Gasteiger partial charge in [0.1, 0.15) is 35.5 Å². The van der Waals surface area contributed by atoms with Gasteiger partial charge >= 0.3 is 24.1 Å². The minimum Gasteiger partial charge on any atom is -0.444 e. The highest BCUT2D eigenvalue weighted by molar-refractivity contribution is 6.30. The molecule has 4 saturated heterocycles. The van der Waals surface area contributed by atoms with E-state index in [1.165, 1.54) is 107 Å². The van der Waals surface area contributed by atoms with Gasteiger partial charge in [-0.1, -0.05) is 48.5 Å². The number of carbonyl (C=O) groups excluding carboxylic acids is 4. The van der Waals surface area contributed by atoms with Crippen molar-refractivity contribution < 1.29 is 55.7 Å². The fourth-order valence-corrected chi connectivity index (χ4v) is 10.2. The third-order valence-corrected chi connectivity index (χ3v) is 13.7. The summed E-state index contributed by atoms with van der Waals surface area (Å²) in [5.74, 6) is -5.95. The van der Waals surface area contributed by atoms with E-state index in [4.69, 9.17) is 18.9 Å². The van der Waals surface area contributed by atoms with Crippen LogP contribution in [0.1, 0.15) is 60.8 Å². The molecule has 4 fully saturated rings. The Hall–Kier alpha value is -6.00. The number of hydrogen-bond acceptors (Lipinski definition) is 10. The van der Waals surface area contributed by atoms with E-state index in [2.05, 4.69) is 9.80 Å². The molecule has 0 aromatic heterocycles. The second-order valence-electron chi connectivity index (χ2n) is 17.9. The van der Waals surface area contributed by atoms with Gasteiger partial charge in [-0.2, -0.15) is 0 Å². The maximum absolute atomic E-state index is 14.8. The molecule has 2 amide bonds. The number of carbonyl (C=O) groups is 4. The monoisotopic (exact) mass is 914 g/mol. The number of rotatable bonds is 14. The van der Waals surface area contributed by atoms with E-state index in [1.54, 1.807) is 14.1 Å². The number of piperidine rings is 2. The van der Waals surface area contributed by atoms with Crippen LogP contribution < -0.4 is 0 Å². The fraction of sp³-hybridized carbons (Fsp3) is 0.440. The lowest BCUT2D eigenvalue weighted by Crippen LogP contribution is -2.50. The van der Waals surface area contributed by atoms with Crippen molar-refractivity contribution in [1.29, 1.82) is 0 Å². The summed E-state index contributed by atoms with van der Waals surface area (Å²) in [5, 5.41) is 0. The number of nitrogens with zero attached hydrogens (tertiary/aromatic N) is 4. The summed E-state index contributed by atoms with van der Waals surface area (Å²) < 4.78 is 82.6. The van der Waals surface area contributed by atoms with Gasteiger partial charge in [-0.15, -0.1) is 0 Å². The van der Waals surface area contributed by atoms with Crippen LogP contribution in [-0.4, -0.2) is 122 Å². The smallest absolute Gasteiger partial charge is 0.418 e. The maximum Gasteiger partial charge on any atom is 0.418 e. The van der Waals surface area contributed by atoms with Gasteiger partial charge in [-0.05, 0) is 113 Å². The van der Waals surface area contributed by atoms with Crippen LogP contribution in [0.5, 0.6) is 0 Å². The average molecular weight is 915 g/mol. The molecule has 4 aromatic carbocycles. The molecule has 16 heteroatoms. The highest BCUT2D eigenvalue weighted by Gasteiger charge is 2.52. The molecular formula is C50H54F4N4O8. The Morgan fingerprint density at radius 1 is 0.515 bits per heavy atom. The Kier molecular flexibility index (Phi) is 14.0. The first-order valence-corrected chi connectivity index (χ1v) is 22.5. The molecule has 0 aliphatic carbocycles. The summed E-state index contributed by atoms with van der Waals surface area (Å²) in [6, 6.07) is 21.7. The Morgan fingerprint density at radius 2 is 0.788 bits per heavy atom. The summed E-state index contributed by atoms with van der Waals surface area (Å²) in [5.41, 5.74) is -2.07. The topological polar surface area (TPSA) is 118 Å². The number of halogens is 4. The largest absolute Gasteiger partial charge is 0.444 e. The summed E-state index contributed by atoms with van der Waals surface area (Å²) in [7, 11) is 3.37. The van der Waals surface area contributed by atoms with Crippen LogP contribution in [0.25, 0.3) is 0 Å². The summed E-state index contributed by atoms with van der Waals surface area (Å²) in [4.78, 5) is 61.1. The zero-order valence-corrected chi connectivity index (χ0v) is 37.0. The summed E-state index contributed by atoms with van der Waals surface area (Å²) in [6.07, 6.45) is 1.75. The number of cyclic esters (lactones) is 2. The van der Waals surface area contributed by atoms with Crippen LogP contribution in [0.4, 0.5) is 27.2 Å². The van der Waals surface area contributed by atoms with Crippen molar-refractivity contribution in [2.24, 2.45) is 11.8 Å². The van der Waals surface area contributed by atoms with Crippen molar-refractivity contribution in [3.05, 3.63) is 143 Å². The standard InChI is InChI=1S/C50H54F4N4O8/c1-55-31-43(63-47(55)61)23-29-57-25-19-37(20-26-57)49(33-3-11-39(51)12-4-33,34-5-13-40(52)14-6-34)65-45(59)46(60)66-50(35-7-15-41(53)16-8-35,36-9-17-42(54)18-10-36)38-21-27-58(28-22-38)30-24-44-32-56(2)48(62)64-44/h3-18,37-38,43-44H,19-32H2,1-2H3. The second kappa shape index (κ2) is 19.8. The molecule has 4 aliphatic heterocycles. The van der Waals surface area contributed by atoms with E-state index in [-0.39, 0.29) is 24.4 Å². The lowest BCUT2D eigenvalue weighted by molar-refractivity contribution is -0.191. The molecule has 12 nitrogen and oxygen atoms in total. The molecule has 0 saturated carbocycles. The van der Waals surface area contributed by atoms with Gasteiger partial charge in [-0.25, -0.2) is 36.7 Å². The summed E-state index contributed by atoms with van der Waals surface area (Å²) in [6.45, 7) is 4.38. The molecule has 8 rings (SSSR count). The number of amides is 2. The van der Waals surface area contributed by atoms with Crippen molar-refractivity contribution in [1.82, 2.24) is 19.6 Å². The summed E-state index contributed by atoms with van der Waals surface area (Å²) >= 11 is 0. The maximum atomic E-state index is 14.8. The number of likely N-dealkylation sites (N-methyl/N-ethyl adjacent to an activating group) is 2. The van der Waals surface area contributed by atoms with E-state index in [9.17, 15) is 36.7 Å². The van der Waals surface area contributed by atoms with Gasteiger partial charge < -0.3 is 38.5 Å². The SMILES string of the molecule is CN1CC(CCN2CCC(C(OC(=O)C(=O)OC(c3ccc(F)cc3)(c3ccc(F)cc3)C3CCN(CCC4CN(C)C(=O)O4)CC3)(c3ccc(F)cc3)c3ccc(F)cc3)CC2)OC1=O. The minimum absolute atomic E-state index is 0.249. The van der Waals surface area contributed by atoms with Crippen molar-refractivity contribution in [2.45, 2.75) is 61.9 Å². The van der Waals surface area contributed by atoms with Gasteiger partial charge in [0.15, 0.2) is 11.2 Å². The van der Waals surface area contributed by atoms with Crippen LogP contribution in [0.2, 0.25) is 0 Å². The Morgan fingerprint density at radius 3 is 1.03 bits per heavy atom. The van der Waals surface area contributed by atoms with Crippen LogP contribution in [0, 0.1) is 35.1 Å². The molecule has 4 aromatic rings. The van der Waals surface area contributed by atoms with Gasteiger partial charge in [-0.3, -0.25) is 0 Å². The van der Waals surface area contributed by atoms with Crippen molar-refractivity contribution >= 4 is 24.1 Å². The van der Waals surface area contributed by atoms with E-state index < -0.39 is 58.2 Å². The fourth-order valence-electron chi connectivity index (χ4n) is 10.2. The van der Waals surface area contributed by atoms with E-state index in [0.717, 1.165) is 0 Å². The predicted molar refractivity (Wildman–Crippen MR) is 233 cm³/mol. The molecule has 2 unspecified atom stereocenters. The van der Waals surface area contributed by atoms with Crippen LogP contribution in [-0.2, 0) is 39.7 Å². The molecule has 0 spiro atoms. The first-order valence-electron chi connectivity index (χ1n) is 22.5. The molecule has 0 bridgehead atoms. The second-order valence-corrected chi connectivity index (χ2v) is 17.9. The van der Waals surface area contributed by atoms with Crippen LogP contribution in [0.3, 0.4) is 0 Å². The lowest BCUT2D eigenvalue weighted by atomic mass is 9.71. The zero-order valence-electron chi connectivity index (χ0n) is 37.0. The van der Waals surface area contributed by atoms with Crippen molar-refractivity contribution in [2.75, 3.05) is 66.5 Å². The Balaban J connectivity index is 1.10. The highest BCUT2D eigenvalue weighted by atomic mass is 19.1. The van der Waals surface area contributed by atoms with E-state index in [0.29, 0.717) is 113 Å².